The quantitative estimate of drug-likeness (QED) is 0.738. The zero-order chi connectivity index (χ0) is 14.3. The van der Waals surface area contributed by atoms with E-state index in [9.17, 15) is 8.42 Å². The fourth-order valence-corrected chi connectivity index (χ4v) is 3.29. The monoisotopic (exact) mass is 308 g/mol. The summed E-state index contributed by atoms with van der Waals surface area (Å²) >= 11 is 1.45. The number of rotatable bonds is 3. The normalized spacial score (nSPS) is 12.3. The maximum absolute atomic E-state index is 12.0. The Hall–Kier alpha value is -1.77. The maximum atomic E-state index is 12.0. The minimum Gasteiger partial charge on any atom is -0.217 e. The second kappa shape index (κ2) is 4.65. The summed E-state index contributed by atoms with van der Waals surface area (Å²) in [6.07, 6.45) is 1.82. The molecule has 3 aromatic rings. The predicted octanol–water partition coefficient (Wildman–Crippen LogP) is 1.71. The van der Waals surface area contributed by atoms with Crippen molar-refractivity contribution in [1.29, 1.82) is 0 Å². The van der Waals surface area contributed by atoms with E-state index in [4.69, 9.17) is 0 Å². The molecule has 0 aliphatic carbocycles. The van der Waals surface area contributed by atoms with Crippen LogP contribution in [-0.2, 0) is 10.0 Å². The van der Waals surface area contributed by atoms with Gasteiger partial charge in [0, 0.05) is 19.7 Å². The van der Waals surface area contributed by atoms with E-state index in [1.165, 1.54) is 29.7 Å². The van der Waals surface area contributed by atoms with E-state index >= 15 is 0 Å². The van der Waals surface area contributed by atoms with E-state index in [1.807, 2.05) is 6.20 Å². The zero-order valence-electron chi connectivity index (χ0n) is 10.9. The molecule has 0 amide bonds. The average molecular weight is 308 g/mol. The predicted molar refractivity (Wildman–Crippen MR) is 77.2 cm³/mol. The van der Waals surface area contributed by atoms with Gasteiger partial charge in [-0.2, -0.15) is 5.10 Å². The van der Waals surface area contributed by atoms with Gasteiger partial charge in [0.1, 0.15) is 5.51 Å². The topological polar surface area (TPSA) is 67.6 Å². The van der Waals surface area contributed by atoms with Crippen LogP contribution in [0.2, 0.25) is 0 Å². The SMILES string of the molecule is CN(C)S(=O)(=O)c1ccc(-c2cn3ncsc3n2)cc1. The van der Waals surface area contributed by atoms with Crippen molar-refractivity contribution < 1.29 is 8.42 Å². The average Bonchev–Trinajstić information content (AvgIpc) is 2.99. The Morgan fingerprint density at radius 1 is 1.20 bits per heavy atom. The summed E-state index contributed by atoms with van der Waals surface area (Å²) in [5.74, 6) is 0. The Bertz CT molecular complexity index is 819. The van der Waals surface area contributed by atoms with Gasteiger partial charge in [0.05, 0.1) is 16.8 Å². The highest BCUT2D eigenvalue weighted by Gasteiger charge is 2.17. The molecule has 0 fully saturated rings. The fraction of sp³-hybridized carbons (Fsp3) is 0.167. The molecule has 0 aliphatic rings. The fourth-order valence-electron chi connectivity index (χ4n) is 1.79. The third kappa shape index (κ3) is 2.11. The maximum Gasteiger partial charge on any atom is 0.242 e. The second-order valence-corrected chi connectivity index (χ2v) is 7.37. The number of imidazole rings is 1. The van der Waals surface area contributed by atoms with E-state index in [-0.39, 0.29) is 4.90 Å². The number of hydrogen-bond acceptors (Lipinski definition) is 5. The molecule has 6 nitrogen and oxygen atoms in total. The van der Waals surface area contributed by atoms with Crippen molar-refractivity contribution in [2.45, 2.75) is 4.90 Å². The van der Waals surface area contributed by atoms with Gasteiger partial charge in [0.15, 0.2) is 0 Å². The Balaban J connectivity index is 1.99. The summed E-state index contributed by atoms with van der Waals surface area (Å²) in [5.41, 5.74) is 3.36. The Morgan fingerprint density at radius 3 is 2.50 bits per heavy atom. The molecule has 0 saturated carbocycles. The van der Waals surface area contributed by atoms with Crippen molar-refractivity contribution in [2.75, 3.05) is 14.1 Å². The van der Waals surface area contributed by atoms with E-state index in [2.05, 4.69) is 10.1 Å². The van der Waals surface area contributed by atoms with Crippen molar-refractivity contribution >= 4 is 26.3 Å². The van der Waals surface area contributed by atoms with Gasteiger partial charge in [-0.05, 0) is 12.1 Å². The summed E-state index contributed by atoms with van der Waals surface area (Å²) in [5, 5.41) is 4.12. The first kappa shape index (κ1) is 13.2. The number of sulfonamides is 1. The second-order valence-electron chi connectivity index (χ2n) is 4.40. The first-order valence-electron chi connectivity index (χ1n) is 5.80. The van der Waals surface area contributed by atoms with Crippen LogP contribution >= 0.6 is 11.3 Å². The molecule has 0 unspecified atom stereocenters. The summed E-state index contributed by atoms with van der Waals surface area (Å²) < 4.78 is 26.8. The van der Waals surface area contributed by atoms with Gasteiger partial charge in [-0.3, -0.25) is 0 Å². The van der Waals surface area contributed by atoms with Crippen molar-refractivity contribution in [1.82, 2.24) is 18.9 Å². The number of benzene rings is 1. The van der Waals surface area contributed by atoms with Crippen molar-refractivity contribution in [3.05, 3.63) is 36.0 Å². The van der Waals surface area contributed by atoms with Crippen LogP contribution in [0.4, 0.5) is 0 Å². The molecule has 1 aromatic carbocycles. The first-order chi connectivity index (χ1) is 9.48. The van der Waals surface area contributed by atoms with Crippen molar-refractivity contribution in [3.8, 4) is 11.3 Å². The summed E-state index contributed by atoms with van der Waals surface area (Å²) in [7, 11) is -0.368. The number of hydrogen-bond donors (Lipinski definition) is 0. The van der Waals surface area contributed by atoms with Crippen LogP contribution in [0.1, 0.15) is 0 Å². The van der Waals surface area contributed by atoms with Crippen LogP contribution in [0.3, 0.4) is 0 Å². The smallest absolute Gasteiger partial charge is 0.217 e. The lowest BCUT2D eigenvalue weighted by Gasteiger charge is -2.11. The first-order valence-corrected chi connectivity index (χ1v) is 8.12. The molecule has 0 aliphatic heterocycles. The summed E-state index contributed by atoms with van der Waals surface area (Å²) in [4.78, 5) is 5.51. The largest absolute Gasteiger partial charge is 0.242 e. The van der Waals surface area contributed by atoms with E-state index in [0.717, 1.165) is 16.2 Å². The third-order valence-electron chi connectivity index (χ3n) is 2.91. The molecule has 3 rings (SSSR count). The van der Waals surface area contributed by atoms with Crippen LogP contribution in [0.5, 0.6) is 0 Å². The zero-order valence-corrected chi connectivity index (χ0v) is 12.5. The molecule has 104 valence electrons. The molecule has 2 aromatic heterocycles. The molecular formula is C12H12N4O2S2. The molecule has 20 heavy (non-hydrogen) atoms. The lowest BCUT2D eigenvalue weighted by atomic mass is 10.2. The summed E-state index contributed by atoms with van der Waals surface area (Å²) in [6.45, 7) is 0. The molecule has 2 heterocycles. The lowest BCUT2D eigenvalue weighted by molar-refractivity contribution is 0.521. The van der Waals surface area contributed by atoms with Gasteiger partial charge in [0.2, 0.25) is 15.0 Å². The minimum absolute atomic E-state index is 0.269. The molecule has 0 radical (unpaired) electrons. The highest BCUT2D eigenvalue weighted by Crippen LogP contribution is 2.22. The highest BCUT2D eigenvalue weighted by atomic mass is 32.2. The molecule has 0 saturated heterocycles. The van der Waals surface area contributed by atoms with Crippen molar-refractivity contribution in [2.24, 2.45) is 0 Å². The molecular weight excluding hydrogens is 296 g/mol. The van der Waals surface area contributed by atoms with Gasteiger partial charge >= 0.3 is 0 Å². The van der Waals surface area contributed by atoms with E-state index in [1.54, 1.807) is 34.3 Å². The number of nitrogens with zero attached hydrogens (tertiary/aromatic N) is 4. The van der Waals surface area contributed by atoms with Gasteiger partial charge in [-0.1, -0.05) is 23.5 Å². The molecule has 8 heteroatoms. The van der Waals surface area contributed by atoms with Crippen LogP contribution in [0.15, 0.2) is 40.9 Å². The Labute approximate surface area is 120 Å². The van der Waals surface area contributed by atoms with Crippen LogP contribution in [0.25, 0.3) is 16.2 Å². The third-order valence-corrected chi connectivity index (χ3v) is 5.43. The summed E-state index contributed by atoms with van der Waals surface area (Å²) in [6, 6.07) is 6.68. The van der Waals surface area contributed by atoms with Crippen molar-refractivity contribution in [3.63, 3.8) is 0 Å². The van der Waals surface area contributed by atoms with Gasteiger partial charge < -0.3 is 0 Å². The number of aromatic nitrogens is 3. The van der Waals surface area contributed by atoms with Gasteiger partial charge in [-0.25, -0.2) is 22.2 Å². The van der Waals surface area contributed by atoms with Crippen LogP contribution in [-0.4, -0.2) is 41.4 Å². The Morgan fingerprint density at radius 2 is 1.90 bits per heavy atom. The van der Waals surface area contributed by atoms with Crippen LogP contribution < -0.4 is 0 Å². The molecule has 0 atom stereocenters. The Kier molecular flexibility index (Phi) is 3.08. The van der Waals surface area contributed by atoms with Gasteiger partial charge in [0.25, 0.3) is 0 Å². The minimum atomic E-state index is -3.39. The van der Waals surface area contributed by atoms with E-state index in [0.29, 0.717) is 0 Å². The lowest BCUT2D eigenvalue weighted by Crippen LogP contribution is -2.22. The number of fused-ring (bicyclic) bond motifs is 1. The molecule has 0 N–H and O–H groups in total. The highest BCUT2D eigenvalue weighted by molar-refractivity contribution is 7.89. The van der Waals surface area contributed by atoms with Gasteiger partial charge in [-0.15, -0.1) is 0 Å². The molecule has 0 spiro atoms. The standard InChI is InChI=1S/C12H12N4O2S2/c1-15(2)20(17,18)10-5-3-9(4-6-10)11-7-16-12(14-11)19-8-13-16/h3-8H,1-2H3. The van der Waals surface area contributed by atoms with Crippen LogP contribution in [0, 0.1) is 0 Å². The molecule has 0 bridgehead atoms. The van der Waals surface area contributed by atoms with E-state index < -0.39 is 10.0 Å².